The number of allylic oxidation sites excluding steroid dienone is 3. The van der Waals surface area contributed by atoms with Gasteiger partial charge in [-0.15, -0.1) is 13.2 Å². The maximum absolute atomic E-state index is 13.1. The molecule has 0 heterocycles. The van der Waals surface area contributed by atoms with Gasteiger partial charge in [0.2, 0.25) is 0 Å². The van der Waals surface area contributed by atoms with Gasteiger partial charge in [-0.2, -0.15) is 0 Å². The average Bonchev–Trinajstić information content (AvgIpc) is 2.53. The maximum Gasteiger partial charge on any atom is 0.573 e. The minimum atomic E-state index is -4.81. The van der Waals surface area contributed by atoms with Gasteiger partial charge in [-0.1, -0.05) is 43.6 Å². The van der Waals surface area contributed by atoms with Gasteiger partial charge >= 0.3 is 6.36 Å². The van der Waals surface area contributed by atoms with Crippen LogP contribution in [0.1, 0.15) is 69.9 Å². The van der Waals surface area contributed by atoms with E-state index in [9.17, 15) is 18.3 Å². The molecule has 2 nitrogen and oxygen atoms in total. The summed E-state index contributed by atoms with van der Waals surface area (Å²) in [6.07, 6.45) is 2.28. The first-order valence-corrected chi connectivity index (χ1v) is 9.56. The van der Waals surface area contributed by atoms with E-state index < -0.39 is 6.36 Å². The van der Waals surface area contributed by atoms with Gasteiger partial charge in [-0.05, 0) is 63.1 Å². The van der Waals surface area contributed by atoms with Crippen LogP contribution in [0.2, 0.25) is 0 Å². The monoisotopic (exact) mass is 382 g/mol. The Kier molecular flexibility index (Phi) is 7.01. The van der Waals surface area contributed by atoms with E-state index in [-0.39, 0.29) is 28.9 Å². The number of hydrogen-bond acceptors (Lipinski definition) is 2. The number of phenols is 1. The minimum Gasteiger partial charge on any atom is -0.507 e. The van der Waals surface area contributed by atoms with E-state index >= 15 is 0 Å². The van der Waals surface area contributed by atoms with Crippen molar-refractivity contribution in [1.82, 2.24) is 0 Å². The van der Waals surface area contributed by atoms with Crippen molar-refractivity contribution >= 4 is 0 Å². The summed E-state index contributed by atoms with van der Waals surface area (Å²) in [5.74, 6) is -0.832. The van der Waals surface area contributed by atoms with Gasteiger partial charge in [0.05, 0.1) is 0 Å². The van der Waals surface area contributed by atoms with E-state index in [1.54, 1.807) is 6.07 Å². The van der Waals surface area contributed by atoms with E-state index in [2.05, 4.69) is 18.2 Å². The number of hydrogen-bond donors (Lipinski definition) is 1. The maximum atomic E-state index is 13.1. The molecule has 2 atom stereocenters. The van der Waals surface area contributed by atoms with E-state index in [1.807, 2.05) is 19.9 Å². The zero-order valence-electron chi connectivity index (χ0n) is 16.3. The van der Waals surface area contributed by atoms with Gasteiger partial charge < -0.3 is 9.84 Å². The normalized spacial score (nSPS) is 20.3. The van der Waals surface area contributed by atoms with E-state index in [0.717, 1.165) is 43.3 Å². The molecule has 0 saturated carbocycles. The van der Waals surface area contributed by atoms with Gasteiger partial charge in [0, 0.05) is 11.5 Å². The van der Waals surface area contributed by atoms with Crippen molar-refractivity contribution < 1.29 is 23.0 Å². The minimum absolute atomic E-state index is 0.0267. The van der Waals surface area contributed by atoms with Crippen molar-refractivity contribution in [3.8, 4) is 11.5 Å². The van der Waals surface area contributed by atoms with Crippen LogP contribution >= 0.6 is 0 Å². The first kappa shape index (κ1) is 21.4. The Morgan fingerprint density at radius 2 is 2.00 bits per heavy atom. The second-order valence-electron chi connectivity index (χ2n) is 7.56. The van der Waals surface area contributed by atoms with Crippen molar-refractivity contribution in [1.29, 1.82) is 0 Å². The Hall–Kier alpha value is -1.91. The molecular weight excluding hydrogens is 353 g/mol. The molecule has 1 aliphatic rings. The first-order valence-electron chi connectivity index (χ1n) is 9.56. The van der Waals surface area contributed by atoms with Gasteiger partial charge in [-0.3, -0.25) is 0 Å². The third kappa shape index (κ3) is 5.78. The molecule has 0 aliphatic heterocycles. The summed E-state index contributed by atoms with van der Waals surface area (Å²) in [6.45, 7) is 9.91. The summed E-state index contributed by atoms with van der Waals surface area (Å²) in [6, 6.07) is 3.02. The molecule has 1 aliphatic carbocycles. The fraction of sp³-hybridized carbons (Fsp3) is 0.545. The number of ether oxygens (including phenoxy) is 1. The molecule has 1 aromatic rings. The Morgan fingerprint density at radius 3 is 2.59 bits per heavy atom. The molecule has 0 bridgehead atoms. The largest absolute Gasteiger partial charge is 0.573 e. The zero-order valence-corrected chi connectivity index (χ0v) is 16.3. The highest BCUT2D eigenvalue weighted by atomic mass is 19.4. The summed E-state index contributed by atoms with van der Waals surface area (Å²) in [5.41, 5.74) is 2.86. The number of alkyl halides is 3. The number of phenolic OH excluding ortho intramolecular Hbond substituents is 1. The van der Waals surface area contributed by atoms with Gasteiger partial charge in [-0.25, -0.2) is 0 Å². The standard InChI is InChI=1S/C22H29F3O2/c1-5-6-7-8-16-12-19(26)21(20(13-16)27-22(23,24)25)18-11-15(4)9-10-17(18)14(2)3/h11-13,17-18,26H,2,5-10H2,1,3-4H3. The zero-order chi connectivity index (χ0) is 20.2. The van der Waals surface area contributed by atoms with Crippen molar-refractivity contribution in [2.75, 3.05) is 0 Å². The molecule has 0 amide bonds. The molecule has 0 aromatic heterocycles. The first-order chi connectivity index (χ1) is 12.6. The van der Waals surface area contributed by atoms with Gasteiger partial charge in [0.25, 0.3) is 0 Å². The lowest BCUT2D eigenvalue weighted by molar-refractivity contribution is -0.275. The molecular formula is C22H29F3O2. The molecule has 5 heteroatoms. The summed E-state index contributed by atoms with van der Waals surface area (Å²) in [4.78, 5) is 0. The summed E-state index contributed by atoms with van der Waals surface area (Å²) < 4.78 is 43.5. The van der Waals surface area contributed by atoms with Crippen LogP contribution in [0.5, 0.6) is 11.5 Å². The number of aryl methyl sites for hydroxylation is 1. The van der Waals surface area contributed by atoms with Crippen LogP contribution < -0.4 is 4.74 Å². The van der Waals surface area contributed by atoms with Gasteiger partial charge in [0.15, 0.2) is 0 Å². The van der Waals surface area contributed by atoms with E-state index in [0.29, 0.717) is 12.0 Å². The topological polar surface area (TPSA) is 29.5 Å². The van der Waals surface area contributed by atoms with Crippen LogP contribution in [0.15, 0.2) is 35.9 Å². The Bertz CT molecular complexity index is 704. The van der Waals surface area contributed by atoms with E-state index in [4.69, 9.17) is 0 Å². The molecule has 0 fully saturated rings. The third-order valence-corrected chi connectivity index (χ3v) is 5.19. The summed E-state index contributed by atoms with van der Waals surface area (Å²) >= 11 is 0. The number of halogens is 3. The van der Waals surface area contributed by atoms with Gasteiger partial charge in [0.1, 0.15) is 11.5 Å². The highest BCUT2D eigenvalue weighted by Gasteiger charge is 2.36. The van der Waals surface area contributed by atoms with Crippen molar-refractivity contribution in [3.63, 3.8) is 0 Å². The fourth-order valence-corrected chi connectivity index (χ4v) is 3.84. The molecule has 2 unspecified atom stereocenters. The third-order valence-electron chi connectivity index (χ3n) is 5.19. The lowest BCUT2D eigenvalue weighted by Crippen LogP contribution is -2.22. The van der Waals surface area contributed by atoms with Crippen LogP contribution in [0.3, 0.4) is 0 Å². The van der Waals surface area contributed by atoms with Crippen molar-refractivity contribution in [3.05, 3.63) is 47.1 Å². The molecule has 1 N–H and O–H groups in total. The second kappa shape index (κ2) is 8.85. The molecule has 0 saturated heterocycles. The molecule has 1 aromatic carbocycles. The smallest absolute Gasteiger partial charge is 0.507 e. The lowest BCUT2D eigenvalue weighted by Gasteiger charge is -2.32. The van der Waals surface area contributed by atoms with Crippen LogP contribution in [0, 0.1) is 5.92 Å². The number of unbranched alkanes of at least 4 members (excludes halogenated alkanes) is 2. The average molecular weight is 382 g/mol. The summed E-state index contributed by atoms with van der Waals surface area (Å²) in [5, 5.41) is 10.7. The summed E-state index contributed by atoms with van der Waals surface area (Å²) in [7, 11) is 0. The highest BCUT2D eigenvalue weighted by Crippen LogP contribution is 2.47. The molecule has 2 rings (SSSR count). The highest BCUT2D eigenvalue weighted by molar-refractivity contribution is 5.52. The quantitative estimate of drug-likeness (QED) is 0.405. The molecule has 0 spiro atoms. The Morgan fingerprint density at radius 1 is 1.30 bits per heavy atom. The van der Waals surface area contributed by atoms with Crippen LogP contribution in [-0.2, 0) is 6.42 Å². The van der Waals surface area contributed by atoms with Crippen LogP contribution in [0.25, 0.3) is 0 Å². The Labute approximate surface area is 159 Å². The molecule has 0 radical (unpaired) electrons. The second-order valence-corrected chi connectivity index (χ2v) is 7.56. The number of benzene rings is 1. The van der Waals surface area contributed by atoms with Crippen molar-refractivity contribution in [2.24, 2.45) is 5.92 Å². The predicted octanol–water partition coefficient (Wildman–Crippen LogP) is 7.04. The number of rotatable bonds is 7. The van der Waals surface area contributed by atoms with Crippen LogP contribution in [-0.4, -0.2) is 11.5 Å². The fourth-order valence-electron chi connectivity index (χ4n) is 3.84. The Balaban J connectivity index is 2.52. The van der Waals surface area contributed by atoms with E-state index in [1.165, 1.54) is 6.07 Å². The van der Waals surface area contributed by atoms with Crippen molar-refractivity contribution in [2.45, 2.75) is 71.6 Å². The lowest BCUT2D eigenvalue weighted by atomic mass is 9.73. The number of aromatic hydroxyl groups is 1. The SMILES string of the molecule is C=C(C)C1CCC(C)=CC1c1c(O)cc(CCCCC)cc1OC(F)(F)F. The van der Waals surface area contributed by atoms with Crippen LogP contribution in [0.4, 0.5) is 13.2 Å². The molecule has 27 heavy (non-hydrogen) atoms. The molecule has 150 valence electrons. The predicted molar refractivity (Wildman–Crippen MR) is 102 cm³/mol.